The van der Waals surface area contributed by atoms with Gasteiger partial charge in [-0.1, -0.05) is 6.07 Å². The molecule has 6 nitrogen and oxygen atoms in total. The first-order valence-corrected chi connectivity index (χ1v) is 7.20. The average Bonchev–Trinajstić information content (AvgIpc) is 3.07. The number of hydrogen-bond acceptors (Lipinski definition) is 3. The lowest BCUT2D eigenvalue weighted by atomic mass is 10.2. The first-order chi connectivity index (χ1) is 10.7. The number of rotatable bonds is 3. The summed E-state index contributed by atoms with van der Waals surface area (Å²) >= 11 is 0. The molecule has 22 heavy (non-hydrogen) atoms. The molecule has 0 fully saturated rings. The number of aromatic nitrogens is 5. The normalized spacial score (nSPS) is 11.5. The van der Waals surface area contributed by atoms with Crippen molar-refractivity contribution in [3.05, 3.63) is 70.2 Å². The Hall–Kier alpha value is -2.89. The van der Waals surface area contributed by atoms with E-state index in [1.165, 1.54) is 4.52 Å². The van der Waals surface area contributed by atoms with E-state index in [0.717, 1.165) is 29.1 Å². The zero-order chi connectivity index (χ0) is 15.1. The zero-order valence-electron chi connectivity index (χ0n) is 12.2. The van der Waals surface area contributed by atoms with Crippen molar-refractivity contribution in [3.63, 3.8) is 0 Å². The summed E-state index contributed by atoms with van der Waals surface area (Å²) < 4.78 is 3.46. The van der Waals surface area contributed by atoms with Crippen LogP contribution in [0.3, 0.4) is 0 Å². The van der Waals surface area contributed by atoms with E-state index in [2.05, 4.69) is 15.1 Å². The lowest BCUT2D eigenvalue weighted by Crippen LogP contribution is -2.15. The van der Waals surface area contributed by atoms with Crippen LogP contribution in [0.5, 0.6) is 0 Å². The third-order valence-corrected chi connectivity index (χ3v) is 3.68. The van der Waals surface area contributed by atoms with E-state index in [1.54, 1.807) is 6.07 Å². The fraction of sp³-hybridized carbons (Fsp3) is 0.188. The Balaban J connectivity index is 1.61. The molecule has 0 saturated carbocycles. The molecule has 0 aliphatic carbocycles. The van der Waals surface area contributed by atoms with Gasteiger partial charge in [0.15, 0.2) is 5.65 Å². The van der Waals surface area contributed by atoms with Crippen molar-refractivity contribution in [2.24, 2.45) is 0 Å². The molecule has 4 heterocycles. The molecular weight excluding hydrogens is 278 g/mol. The molecule has 1 N–H and O–H groups in total. The van der Waals surface area contributed by atoms with E-state index in [1.807, 2.05) is 48.0 Å². The molecule has 0 aliphatic heterocycles. The van der Waals surface area contributed by atoms with Crippen LogP contribution in [0.1, 0.15) is 17.1 Å². The maximum absolute atomic E-state index is 12.0. The summed E-state index contributed by atoms with van der Waals surface area (Å²) in [5, 5.41) is 2.97. The van der Waals surface area contributed by atoms with Crippen molar-refractivity contribution in [1.29, 1.82) is 0 Å². The predicted molar refractivity (Wildman–Crippen MR) is 83.1 cm³/mol. The summed E-state index contributed by atoms with van der Waals surface area (Å²) in [6.45, 7) is 1.91. The van der Waals surface area contributed by atoms with Gasteiger partial charge in [-0.25, -0.2) is 14.5 Å². The Morgan fingerprint density at radius 1 is 1.09 bits per heavy atom. The van der Waals surface area contributed by atoms with E-state index in [0.29, 0.717) is 12.1 Å². The van der Waals surface area contributed by atoms with Crippen LogP contribution in [0.25, 0.3) is 11.3 Å². The Bertz CT molecular complexity index is 991. The molecule has 0 unspecified atom stereocenters. The average molecular weight is 293 g/mol. The minimum atomic E-state index is -0.0805. The topological polar surface area (TPSA) is 67.5 Å². The molecule has 0 spiro atoms. The molecule has 4 rings (SSSR count). The zero-order valence-corrected chi connectivity index (χ0v) is 12.2. The van der Waals surface area contributed by atoms with Crippen molar-refractivity contribution in [2.45, 2.75) is 19.8 Å². The van der Waals surface area contributed by atoms with Crippen LogP contribution in [0.4, 0.5) is 0 Å². The fourth-order valence-electron chi connectivity index (χ4n) is 2.65. The molecular formula is C16H15N5O. The molecule has 110 valence electrons. The standard InChI is InChI=1S/C16H15N5O/c1-11-8-15-17-12(9-16(22)21(15)19-11)5-6-13-10-20-7-3-2-4-14(20)18-13/h2-4,7-10,19H,5-6H2,1H3. The SMILES string of the molecule is Cc1cc2nc(CCc3cn4ccccc4n3)cc(=O)n2[nH]1. The number of hydrogen-bond donors (Lipinski definition) is 1. The van der Waals surface area contributed by atoms with Gasteiger partial charge in [0.25, 0.3) is 5.56 Å². The number of fused-ring (bicyclic) bond motifs is 2. The molecule has 0 bridgehead atoms. The molecule has 4 aromatic rings. The van der Waals surface area contributed by atoms with Crippen LogP contribution >= 0.6 is 0 Å². The van der Waals surface area contributed by atoms with Crippen molar-refractivity contribution in [1.82, 2.24) is 24.0 Å². The van der Waals surface area contributed by atoms with Crippen molar-refractivity contribution in [3.8, 4) is 0 Å². The highest BCUT2D eigenvalue weighted by Crippen LogP contribution is 2.08. The molecule has 0 aliphatic rings. The second-order valence-corrected chi connectivity index (χ2v) is 5.42. The van der Waals surface area contributed by atoms with E-state index in [-0.39, 0.29) is 5.56 Å². The van der Waals surface area contributed by atoms with Gasteiger partial charge in [0, 0.05) is 35.9 Å². The molecule has 0 saturated heterocycles. The number of aryl methyl sites for hydroxylation is 3. The van der Waals surface area contributed by atoms with E-state index >= 15 is 0 Å². The van der Waals surface area contributed by atoms with Crippen LogP contribution in [0.2, 0.25) is 0 Å². The monoisotopic (exact) mass is 293 g/mol. The number of pyridine rings is 1. The second-order valence-electron chi connectivity index (χ2n) is 5.42. The molecule has 6 heteroatoms. The third-order valence-electron chi connectivity index (χ3n) is 3.68. The van der Waals surface area contributed by atoms with E-state index < -0.39 is 0 Å². The smallest absolute Gasteiger partial charge is 0.272 e. The van der Waals surface area contributed by atoms with Crippen LogP contribution in [0.15, 0.2) is 47.5 Å². The van der Waals surface area contributed by atoms with Crippen molar-refractivity contribution < 1.29 is 0 Å². The number of imidazole rings is 1. The molecule has 4 aromatic heterocycles. The lowest BCUT2D eigenvalue weighted by molar-refractivity contribution is 0.837. The number of aromatic amines is 1. The summed E-state index contributed by atoms with van der Waals surface area (Å²) in [7, 11) is 0. The molecule has 0 atom stereocenters. The lowest BCUT2D eigenvalue weighted by Gasteiger charge is -1.99. The van der Waals surface area contributed by atoms with Gasteiger partial charge in [-0.15, -0.1) is 0 Å². The first kappa shape index (κ1) is 12.8. The van der Waals surface area contributed by atoms with E-state index in [9.17, 15) is 4.79 Å². The Labute approximate surface area is 126 Å². The van der Waals surface area contributed by atoms with Crippen LogP contribution < -0.4 is 5.56 Å². The van der Waals surface area contributed by atoms with Gasteiger partial charge in [-0.3, -0.25) is 9.89 Å². The molecule has 0 amide bonds. The van der Waals surface area contributed by atoms with Crippen LogP contribution in [0, 0.1) is 6.92 Å². The second kappa shape index (κ2) is 4.84. The van der Waals surface area contributed by atoms with E-state index in [4.69, 9.17) is 0 Å². The highest BCUT2D eigenvalue weighted by molar-refractivity contribution is 5.40. The van der Waals surface area contributed by atoms with Crippen molar-refractivity contribution in [2.75, 3.05) is 0 Å². The van der Waals surface area contributed by atoms with Gasteiger partial charge in [-0.2, -0.15) is 0 Å². The molecule has 0 aromatic carbocycles. The Kier molecular flexibility index (Phi) is 2.82. The summed E-state index contributed by atoms with van der Waals surface area (Å²) in [4.78, 5) is 21.1. The summed E-state index contributed by atoms with van der Waals surface area (Å²) in [5.74, 6) is 0. The van der Waals surface area contributed by atoms with Gasteiger partial charge in [0.05, 0.1) is 5.69 Å². The summed E-state index contributed by atoms with van der Waals surface area (Å²) in [6.07, 6.45) is 5.44. The number of nitrogens with zero attached hydrogens (tertiary/aromatic N) is 4. The Morgan fingerprint density at radius 2 is 1.91 bits per heavy atom. The van der Waals surface area contributed by atoms with Gasteiger partial charge >= 0.3 is 0 Å². The van der Waals surface area contributed by atoms with Crippen LogP contribution in [-0.2, 0) is 12.8 Å². The third kappa shape index (κ3) is 2.18. The minimum absolute atomic E-state index is 0.0805. The maximum atomic E-state index is 12.0. The molecule has 0 radical (unpaired) electrons. The highest BCUT2D eigenvalue weighted by Gasteiger charge is 2.06. The highest BCUT2D eigenvalue weighted by atomic mass is 16.1. The quantitative estimate of drug-likeness (QED) is 0.626. The Morgan fingerprint density at radius 3 is 2.77 bits per heavy atom. The number of H-pyrrole nitrogens is 1. The largest absolute Gasteiger partial charge is 0.307 e. The van der Waals surface area contributed by atoms with Crippen LogP contribution in [-0.4, -0.2) is 24.0 Å². The summed E-state index contributed by atoms with van der Waals surface area (Å²) in [5.41, 5.74) is 4.22. The first-order valence-electron chi connectivity index (χ1n) is 7.20. The minimum Gasteiger partial charge on any atom is -0.307 e. The van der Waals surface area contributed by atoms with Gasteiger partial charge in [-0.05, 0) is 31.9 Å². The van der Waals surface area contributed by atoms with Gasteiger partial charge in [0.1, 0.15) is 5.65 Å². The number of nitrogens with one attached hydrogen (secondary N) is 1. The maximum Gasteiger partial charge on any atom is 0.272 e. The van der Waals surface area contributed by atoms with Gasteiger partial charge < -0.3 is 4.40 Å². The van der Waals surface area contributed by atoms with Crippen molar-refractivity contribution >= 4 is 11.3 Å². The fourth-order valence-corrected chi connectivity index (χ4v) is 2.65. The predicted octanol–water partition coefficient (Wildman–Crippen LogP) is 1.76. The van der Waals surface area contributed by atoms with Gasteiger partial charge in [0.2, 0.25) is 0 Å². The summed E-state index contributed by atoms with van der Waals surface area (Å²) in [6, 6.07) is 9.37.